The molecule has 0 fully saturated rings. The fourth-order valence-corrected chi connectivity index (χ4v) is 5.00. The monoisotopic (exact) mass is 546 g/mol. The van der Waals surface area contributed by atoms with Crippen molar-refractivity contribution in [2.45, 2.75) is 0 Å². The third-order valence-corrected chi connectivity index (χ3v) is 7.03. The van der Waals surface area contributed by atoms with Crippen molar-refractivity contribution in [1.82, 2.24) is 0 Å². The average molecular weight is 547 g/mol. The van der Waals surface area contributed by atoms with Gasteiger partial charge in [0, 0.05) is 27.9 Å². The van der Waals surface area contributed by atoms with Gasteiger partial charge in [0.05, 0.1) is 22.8 Å². The second-order valence-electron chi connectivity index (χ2n) is 9.96. The van der Waals surface area contributed by atoms with Crippen LogP contribution in [0, 0.1) is 0 Å². The lowest BCUT2D eigenvalue weighted by atomic mass is 10.1. The second kappa shape index (κ2) is 10.6. The van der Waals surface area contributed by atoms with Crippen LogP contribution < -0.4 is 20.9 Å². The predicted molar refractivity (Wildman–Crippen MR) is 171 cm³/mol. The molecule has 202 valence electrons. The summed E-state index contributed by atoms with van der Waals surface area (Å²) >= 11 is 0. The highest BCUT2D eigenvalue weighted by Crippen LogP contribution is 2.35. The maximum absolute atomic E-state index is 5.96. The Bertz CT molecular complexity index is 1820. The van der Waals surface area contributed by atoms with Crippen LogP contribution in [0.4, 0.5) is 22.7 Å². The number of aliphatic imine (C=N–C) groups is 2. The minimum Gasteiger partial charge on any atom is -0.457 e. The fraction of sp³-hybridized carbons (Fsp3) is 0. The minimum absolute atomic E-state index is 0.695. The summed E-state index contributed by atoms with van der Waals surface area (Å²) in [4.78, 5) is 10.2. The number of anilines is 2. The Balaban J connectivity index is 1.22. The van der Waals surface area contributed by atoms with Crippen LogP contribution in [0.25, 0.3) is 10.8 Å². The van der Waals surface area contributed by atoms with Gasteiger partial charge in [0.15, 0.2) is 0 Å². The zero-order valence-corrected chi connectivity index (χ0v) is 22.6. The van der Waals surface area contributed by atoms with E-state index in [-0.39, 0.29) is 0 Å². The van der Waals surface area contributed by atoms with Crippen molar-refractivity contribution in [3.63, 3.8) is 0 Å². The van der Waals surface area contributed by atoms with Crippen LogP contribution >= 0.6 is 0 Å². The van der Waals surface area contributed by atoms with E-state index in [4.69, 9.17) is 30.9 Å². The van der Waals surface area contributed by atoms with Gasteiger partial charge in [-0.1, -0.05) is 36.4 Å². The molecule has 4 N–H and O–H groups in total. The van der Waals surface area contributed by atoms with Crippen LogP contribution in [0.15, 0.2) is 143 Å². The number of hydrogen-bond acceptors (Lipinski definition) is 6. The topological polar surface area (TPSA) is 95.2 Å². The summed E-state index contributed by atoms with van der Waals surface area (Å²) in [6.45, 7) is 0. The first kappa shape index (κ1) is 25.1. The van der Waals surface area contributed by atoms with E-state index in [9.17, 15) is 0 Å². The number of ether oxygens (including phenoxy) is 2. The van der Waals surface area contributed by atoms with E-state index in [0.717, 1.165) is 67.7 Å². The number of benzene rings is 6. The molecule has 0 radical (unpaired) electrons. The van der Waals surface area contributed by atoms with Crippen molar-refractivity contribution >= 4 is 44.9 Å². The molecule has 0 saturated heterocycles. The summed E-state index contributed by atoms with van der Waals surface area (Å²) in [5, 5.41) is 2.31. The van der Waals surface area contributed by atoms with Crippen LogP contribution in [0.1, 0.15) is 11.1 Å². The lowest BCUT2D eigenvalue weighted by Gasteiger charge is -2.08. The summed E-state index contributed by atoms with van der Waals surface area (Å²) in [7, 11) is 0. The van der Waals surface area contributed by atoms with Gasteiger partial charge in [-0.25, -0.2) is 9.98 Å². The third kappa shape index (κ3) is 5.05. The first-order valence-electron chi connectivity index (χ1n) is 13.6. The number of nitrogen functional groups attached to an aromatic ring is 2. The Hall–Kier alpha value is -5.88. The molecule has 1 aliphatic rings. The number of nitrogens with zero attached hydrogens (tertiary/aromatic N) is 2. The van der Waals surface area contributed by atoms with Gasteiger partial charge in [0.2, 0.25) is 0 Å². The molecule has 1 aliphatic carbocycles. The maximum Gasteiger partial charge on any atom is 0.127 e. The summed E-state index contributed by atoms with van der Waals surface area (Å²) in [6, 6.07) is 42.7. The molecule has 0 heterocycles. The summed E-state index contributed by atoms with van der Waals surface area (Å²) in [5.74, 6) is 2.88. The summed E-state index contributed by atoms with van der Waals surface area (Å²) in [5.41, 5.74) is 18.4. The van der Waals surface area contributed by atoms with E-state index in [1.165, 1.54) is 0 Å². The molecule has 6 heteroatoms. The van der Waals surface area contributed by atoms with Crippen molar-refractivity contribution < 1.29 is 9.47 Å². The van der Waals surface area contributed by atoms with Gasteiger partial charge in [-0.15, -0.1) is 0 Å². The maximum atomic E-state index is 5.96. The molecular formula is C36H26N4O2. The third-order valence-electron chi connectivity index (χ3n) is 7.03. The van der Waals surface area contributed by atoms with Crippen LogP contribution in [-0.2, 0) is 0 Å². The Morgan fingerprint density at radius 1 is 0.405 bits per heavy atom. The standard InChI is InChI=1S/C36H26N4O2/c37-24-7-15-28(16-8-24)41-30-19-11-26(12-20-30)39-35-32-5-1-3-23-4-2-6-33(34(23)32)36(35)40-27-13-21-31(22-14-27)42-29-17-9-25(38)10-18-29/h1-22H,37-38H2. The highest BCUT2D eigenvalue weighted by molar-refractivity contribution is 6.61. The second-order valence-corrected chi connectivity index (χ2v) is 9.96. The van der Waals surface area contributed by atoms with Crippen LogP contribution in [0.2, 0.25) is 0 Å². The molecule has 0 amide bonds. The van der Waals surface area contributed by atoms with Gasteiger partial charge in [-0.2, -0.15) is 0 Å². The van der Waals surface area contributed by atoms with Crippen molar-refractivity contribution in [3.8, 4) is 23.0 Å². The minimum atomic E-state index is 0.695. The van der Waals surface area contributed by atoms with E-state index in [0.29, 0.717) is 11.4 Å². The SMILES string of the molecule is Nc1ccc(Oc2ccc(N=C3C(=Nc4ccc(Oc5ccc(N)cc5)cc4)c4cccc5cccc3c45)cc2)cc1. The number of rotatable bonds is 6. The zero-order valence-electron chi connectivity index (χ0n) is 22.6. The van der Waals surface area contributed by atoms with E-state index < -0.39 is 0 Å². The molecule has 6 aromatic carbocycles. The van der Waals surface area contributed by atoms with Crippen LogP contribution in [-0.4, -0.2) is 11.4 Å². The lowest BCUT2D eigenvalue weighted by molar-refractivity contribution is 0.482. The van der Waals surface area contributed by atoms with Gasteiger partial charge in [0.25, 0.3) is 0 Å². The lowest BCUT2D eigenvalue weighted by Crippen LogP contribution is -2.10. The van der Waals surface area contributed by atoms with E-state index >= 15 is 0 Å². The van der Waals surface area contributed by atoms with Gasteiger partial charge < -0.3 is 20.9 Å². The molecule has 0 saturated carbocycles. The largest absolute Gasteiger partial charge is 0.457 e. The average Bonchev–Trinajstić information content (AvgIpc) is 3.31. The highest BCUT2D eigenvalue weighted by Gasteiger charge is 2.27. The number of hydrogen-bond donors (Lipinski definition) is 2. The van der Waals surface area contributed by atoms with Crippen molar-refractivity contribution in [2.75, 3.05) is 11.5 Å². The van der Waals surface area contributed by atoms with E-state index in [1.807, 2.05) is 97.1 Å². The van der Waals surface area contributed by atoms with Crippen LogP contribution in [0.3, 0.4) is 0 Å². The molecule has 6 nitrogen and oxygen atoms in total. The van der Waals surface area contributed by atoms with Crippen LogP contribution in [0.5, 0.6) is 23.0 Å². The molecule has 0 aromatic heterocycles. The molecule has 6 aromatic rings. The highest BCUT2D eigenvalue weighted by atomic mass is 16.5. The van der Waals surface area contributed by atoms with E-state index in [2.05, 4.69) is 36.4 Å². The predicted octanol–water partition coefficient (Wildman–Crippen LogP) is 8.84. The Morgan fingerprint density at radius 3 is 1.14 bits per heavy atom. The van der Waals surface area contributed by atoms with Gasteiger partial charge in [0.1, 0.15) is 23.0 Å². The van der Waals surface area contributed by atoms with Gasteiger partial charge >= 0.3 is 0 Å². The molecule has 0 atom stereocenters. The van der Waals surface area contributed by atoms with Crippen molar-refractivity contribution in [2.24, 2.45) is 9.98 Å². The van der Waals surface area contributed by atoms with Gasteiger partial charge in [-0.3, -0.25) is 0 Å². The van der Waals surface area contributed by atoms with E-state index in [1.54, 1.807) is 0 Å². The Morgan fingerprint density at radius 2 is 0.762 bits per heavy atom. The summed E-state index contributed by atoms with van der Waals surface area (Å²) in [6.07, 6.45) is 0. The molecular weight excluding hydrogens is 520 g/mol. The normalized spacial score (nSPS) is 14.0. The molecule has 0 bridgehead atoms. The summed E-state index contributed by atoms with van der Waals surface area (Å²) < 4.78 is 11.9. The number of nitrogens with two attached hydrogens (primary N) is 2. The molecule has 0 unspecified atom stereocenters. The molecule has 42 heavy (non-hydrogen) atoms. The van der Waals surface area contributed by atoms with Crippen molar-refractivity contribution in [1.29, 1.82) is 0 Å². The zero-order chi connectivity index (χ0) is 28.5. The Kier molecular flexibility index (Phi) is 6.33. The quantitative estimate of drug-likeness (QED) is 0.204. The fourth-order valence-electron chi connectivity index (χ4n) is 5.00. The molecule has 7 rings (SSSR count). The first-order valence-corrected chi connectivity index (χ1v) is 13.6. The smallest absolute Gasteiger partial charge is 0.127 e. The first-order chi connectivity index (χ1) is 20.6. The van der Waals surface area contributed by atoms with Gasteiger partial charge in [-0.05, 0) is 102 Å². The Labute approximate surface area is 243 Å². The van der Waals surface area contributed by atoms with Crippen molar-refractivity contribution in [3.05, 3.63) is 145 Å². The molecule has 0 spiro atoms. The molecule has 0 aliphatic heterocycles.